The molecule has 1 aliphatic heterocycles. The Morgan fingerprint density at radius 1 is 1.47 bits per heavy atom. The van der Waals surface area contributed by atoms with E-state index in [1.807, 2.05) is 0 Å². The van der Waals surface area contributed by atoms with Crippen molar-refractivity contribution in [2.45, 2.75) is 19.1 Å². The topological polar surface area (TPSA) is 75.6 Å². The molecule has 2 rings (SSSR count). The van der Waals surface area contributed by atoms with Gasteiger partial charge < -0.3 is 9.29 Å². The van der Waals surface area contributed by atoms with E-state index in [1.165, 1.54) is 6.92 Å². The minimum absolute atomic E-state index is 0.266. The van der Waals surface area contributed by atoms with Gasteiger partial charge in [0.2, 0.25) is 0 Å². The molecule has 0 spiro atoms. The fourth-order valence-corrected chi connectivity index (χ4v) is 2.60. The van der Waals surface area contributed by atoms with Crippen molar-refractivity contribution in [1.29, 1.82) is 0 Å². The van der Waals surface area contributed by atoms with Gasteiger partial charge in [-0.1, -0.05) is 18.2 Å². The predicted octanol–water partition coefficient (Wildman–Crippen LogP) is 0.335. The summed E-state index contributed by atoms with van der Waals surface area (Å²) in [6.07, 6.45) is -0.815. The number of benzene rings is 1. The maximum atomic E-state index is 11.3. The molecule has 0 unspecified atom stereocenters. The van der Waals surface area contributed by atoms with Crippen LogP contribution in [0.4, 0.5) is 0 Å². The molecule has 1 aromatic carbocycles. The molecule has 0 fully saturated rings. The highest BCUT2D eigenvalue weighted by molar-refractivity contribution is 7.85. The van der Waals surface area contributed by atoms with Crippen molar-refractivity contribution in [3.05, 3.63) is 29.8 Å². The van der Waals surface area contributed by atoms with Crippen LogP contribution in [0, 0.1) is 0 Å². The van der Waals surface area contributed by atoms with Gasteiger partial charge in [-0.05, 0) is 13.0 Å². The summed E-state index contributed by atoms with van der Waals surface area (Å²) < 4.78 is 29.6. The van der Waals surface area contributed by atoms with Crippen LogP contribution in [0.5, 0.6) is 5.75 Å². The minimum Gasteiger partial charge on any atom is -0.391 e. The number of nitrogens with one attached hydrogen (secondary N) is 1. The first-order valence-corrected chi connectivity index (χ1v) is 5.89. The van der Waals surface area contributed by atoms with E-state index in [0.717, 1.165) is 0 Å². The molecule has 2 atom stereocenters. The maximum absolute atomic E-state index is 11.3. The van der Waals surface area contributed by atoms with Gasteiger partial charge in [0.15, 0.2) is 0 Å². The van der Waals surface area contributed by atoms with Crippen molar-refractivity contribution in [3.63, 3.8) is 0 Å². The fraction of sp³-hybridized carbons (Fsp3) is 0.333. The van der Waals surface area contributed by atoms with Gasteiger partial charge in [0.25, 0.3) is 0 Å². The van der Waals surface area contributed by atoms with Crippen molar-refractivity contribution in [2.24, 2.45) is 0 Å². The smallest absolute Gasteiger partial charge is 0.383 e. The number of rotatable bonds is 1. The van der Waals surface area contributed by atoms with Crippen molar-refractivity contribution < 1.29 is 17.7 Å². The quantitative estimate of drug-likeness (QED) is 0.728. The molecule has 0 aromatic heterocycles. The molecule has 15 heavy (non-hydrogen) atoms. The number of hydrogen-bond donors (Lipinski definition) is 2. The lowest BCUT2D eigenvalue weighted by atomic mass is 10.0. The molecule has 0 saturated carbocycles. The zero-order valence-corrected chi connectivity index (χ0v) is 8.86. The Kier molecular flexibility index (Phi) is 2.41. The summed E-state index contributed by atoms with van der Waals surface area (Å²) >= 11 is 0. The van der Waals surface area contributed by atoms with E-state index in [0.29, 0.717) is 5.56 Å². The monoisotopic (exact) mass is 229 g/mol. The first-order valence-electron chi connectivity index (χ1n) is 4.48. The van der Waals surface area contributed by atoms with Crippen LogP contribution in [0.15, 0.2) is 24.3 Å². The van der Waals surface area contributed by atoms with Crippen LogP contribution in [-0.2, 0) is 10.3 Å². The van der Waals surface area contributed by atoms with Gasteiger partial charge in [-0.3, -0.25) is 0 Å². The highest BCUT2D eigenvalue weighted by Crippen LogP contribution is 2.32. The molecular formula is C9H11NO4S. The van der Waals surface area contributed by atoms with Crippen LogP contribution in [0.3, 0.4) is 0 Å². The first kappa shape index (κ1) is 10.4. The van der Waals surface area contributed by atoms with E-state index in [2.05, 4.69) is 4.72 Å². The Hall–Kier alpha value is -1.11. The van der Waals surface area contributed by atoms with Gasteiger partial charge in [-0.15, -0.1) is 0 Å². The summed E-state index contributed by atoms with van der Waals surface area (Å²) in [5, 5.41) is 9.47. The van der Waals surface area contributed by atoms with Gasteiger partial charge in [0, 0.05) is 5.56 Å². The van der Waals surface area contributed by atoms with E-state index < -0.39 is 22.4 Å². The second-order valence-corrected chi connectivity index (χ2v) is 4.72. The second-order valence-electron chi connectivity index (χ2n) is 3.41. The van der Waals surface area contributed by atoms with E-state index in [9.17, 15) is 13.5 Å². The van der Waals surface area contributed by atoms with Crippen LogP contribution >= 0.6 is 0 Å². The molecule has 0 aliphatic carbocycles. The molecule has 0 amide bonds. The van der Waals surface area contributed by atoms with Gasteiger partial charge in [-0.25, -0.2) is 0 Å². The molecule has 0 radical (unpaired) electrons. The first-order chi connectivity index (χ1) is 6.99. The second kappa shape index (κ2) is 3.48. The summed E-state index contributed by atoms with van der Waals surface area (Å²) in [7, 11) is -3.80. The molecular weight excluding hydrogens is 218 g/mol. The molecule has 1 heterocycles. The number of hydrogen-bond acceptors (Lipinski definition) is 4. The predicted molar refractivity (Wildman–Crippen MR) is 53.5 cm³/mol. The highest BCUT2D eigenvalue weighted by Gasteiger charge is 2.32. The van der Waals surface area contributed by atoms with Gasteiger partial charge in [0.1, 0.15) is 5.75 Å². The Morgan fingerprint density at radius 3 is 2.80 bits per heavy atom. The number of fused-ring (bicyclic) bond motifs is 1. The maximum Gasteiger partial charge on any atom is 0.383 e. The fourth-order valence-electron chi connectivity index (χ4n) is 1.53. The highest BCUT2D eigenvalue weighted by atomic mass is 32.2. The molecule has 5 nitrogen and oxygen atoms in total. The van der Waals surface area contributed by atoms with E-state index >= 15 is 0 Å². The van der Waals surface area contributed by atoms with Crippen molar-refractivity contribution in [1.82, 2.24) is 4.72 Å². The van der Waals surface area contributed by atoms with Crippen molar-refractivity contribution in [3.8, 4) is 5.75 Å². The van der Waals surface area contributed by atoms with E-state index in [-0.39, 0.29) is 5.75 Å². The van der Waals surface area contributed by atoms with Crippen molar-refractivity contribution in [2.75, 3.05) is 0 Å². The zero-order chi connectivity index (χ0) is 11.1. The zero-order valence-electron chi connectivity index (χ0n) is 8.04. The molecule has 0 saturated heterocycles. The third-order valence-corrected chi connectivity index (χ3v) is 3.15. The number of para-hydroxylation sites is 1. The Labute approximate surface area is 87.9 Å². The Morgan fingerprint density at radius 2 is 2.13 bits per heavy atom. The molecule has 1 aromatic rings. The lowest BCUT2D eigenvalue weighted by Crippen LogP contribution is -2.41. The molecule has 6 heteroatoms. The average molecular weight is 229 g/mol. The van der Waals surface area contributed by atoms with Gasteiger partial charge in [0.05, 0.1) is 12.1 Å². The third-order valence-electron chi connectivity index (χ3n) is 2.21. The molecule has 82 valence electrons. The van der Waals surface area contributed by atoms with Gasteiger partial charge in [-0.2, -0.15) is 13.1 Å². The molecule has 2 N–H and O–H groups in total. The Bertz CT molecular complexity index is 469. The molecule has 0 bridgehead atoms. The summed E-state index contributed by atoms with van der Waals surface area (Å²) in [6.45, 7) is 1.52. The lowest BCUT2D eigenvalue weighted by molar-refractivity contribution is 0.151. The third kappa shape index (κ3) is 1.97. The van der Waals surface area contributed by atoms with Crippen LogP contribution < -0.4 is 8.91 Å². The van der Waals surface area contributed by atoms with Crippen LogP contribution in [0.1, 0.15) is 18.5 Å². The lowest BCUT2D eigenvalue weighted by Gasteiger charge is -2.27. The summed E-state index contributed by atoms with van der Waals surface area (Å²) in [6, 6.07) is 6.06. The van der Waals surface area contributed by atoms with Crippen molar-refractivity contribution >= 4 is 10.3 Å². The number of aliphatic hydroxyl groups is 1. The van der Waals surface area contributed by atoms with Crippen LogP contribution in [0.25, 0.3) is 0 Å². The summed E-state index contributed by atoms with van der Waals surface area (Å²) in [5.41, 5.74) is 0.641. The Balaban J connectivity index is 2.52. The van der Waals surface area contributed by atoms with Crippen LogP contribution in [-0.4, -0.2) is 19.6 Å². The normalized spacial score (nSPS) is 25.1. The van der Waals surface area contributed by atoms with Crippen LogP contribution in [0.2, 0.25) is 0 Å². The minimum atomic E-state index is -3.80. The summed E-state index contributed by atoms with van der Waals surface area (Å²) in [5.74, 6) is 0.266. The number of aliphatic hydroxyl groups excluding tert-OH is 1. The van der Waals surface area contributed by atoms with Gasteiger partial charge >= 0.3 is 10.3 Å². The molecule has 1 aliphatic rings. The SMILES string of the molecule is C[C@@H](O)[C@@H]1NS(=O)(=O)Oc2ccccc21. The largest absolute Gasteiger partial charge is 0.391 e. The van der Waals surface area contributed by atoms with E-state index in [1.54, 1.807) is 24.3 Å². The summed E-state index contributed by atoms with van der Waals surface area (Å²) in [4.78, 5) is 0. The average Bonchev–Trinajstić information content (AvgIpc) is 2.14. The van der Waals surface area contributed by atoms with E-state index in [4.69, 9.17) is 4.18 Å². The standard InChI is InChI=1S/C9H11NO4S/c1-6(11)9-7-4-2-3-5-8(7)14-15(12,13)10-9/h2-6,9-11H,1H3/t6-,9+/m1/s1.